The van der Waals surface area contributed by atoms with Gasteiger partial charge in [-0.25, -0.2) is 9.59 Å². The monoisotopic (exact) mass is 598 g/mol. The summed E-state index contributed by atoms with van der Waals surface area (Å²) in [5.41, 5.74) is -7.18. The van der Waals surface area contributed by atoms with E-state index in [1.165, 1.54) is 48.5 Å². The molecule has 6 rings (SSSR count). The van der Waals surface area contributed by atoms with Crippen LogP contribution in [0.4, 0.5) is 0 Å². The van der Waals surface area contributed by atoms with Crippen molar-refractivity contribution in [2.45, 2.75) is 40.8 Å². The van der Waals surface area contributed by atoms with Crippen LogP contribution in [0.5, 0.6) is 11.5 Å². The van der Waals surface area contributed by atoms with Gasteiger partial charge in [0.05, 0.1) is 29.8 Å². The summed E-state index contributed by atoms with van der Waals surface area (Å²) >= 11 is 0. The minimum atomic E-state index is -2.59. The van der Waals surface area contributed by atoms with Crippen LogP contribution in [0.15, 0.2) is 109 Å². The number of ether oxygens (including phenoxy) is 2. The fraction of sp³-hybridized carbons (Fsp3) is 0.235. The average molecular weight is 599 g/mol. The second-order valence-corrected chi connectivity index (χ2v) is 11.1. The van der Waals surface area contributed by atoms with Crippen LogP contribution in [0, 0.1) is 0 Å². The predicted molar refractivity (Wildman–Crippen MR) is 155 cm³/mol. The molecule has 4 aromatic rings. The molecule has 2 saturated carbocycles. The van der Waals surface area contributed by atoms with E-state index in [1.807, 2.05) is 0 Å². The summed E-state index contributed by atoms with van der Waals surface area (Å²) in [6, 6.07) is 28.2. The predicted octanol–water partition coefficient (Wildman–Crippen LogP) is 1.93. The van der Waals surface area contributed by atoms with Crippen molar-refractivity contribution in [1.82, 2.24) is 0 Å². The highest BCUT2D eigenvalue weighted by Crippen LogP contribution is 2.75. The second kappa shape index (κ2) is 10.9. The smallest absolute Gasteiger partial charge is 0.343 e. The molecule has 7 atom stereocenters. The van der Waals surface area contributed by atoms with Crippen LogP contribution in [-0.2, 0) is 0 Å². The lowest BCUT2D eigenvalue weighted by Crippen LogP contribution is -2.99. The Hall–Kier alpha value is -4.42. The Bertz CT molecular complexity index is 1690. The number of benzene rings is 4. The third-order valence-corrected chi connectivity index (χ3v) is 8.84. The Labute approximate surface area is 252 Å². The minimum absolute atomic E-state index is 0.0428. The zero-order valence-electron chi connectivity index (χ0n) is 23.2. The maximum absolute atomic E-state index is 12.9. The molecule has 10 heteroatoms. The van der Waals surface area contributed by atoms with Crippen molar-refractivity contribution in [1.29, 1.82) is 0 Å². The first kappa shape index (κ1) is 29.6. The molecular formula is C34H30O10. The van der Waals surface area contributed by atoms with E-state index in [0.717, 1.165) is 0 Å². The first-order chi connectivity index (χ1) is 21.1. The van der Waals surface area contributed by atoms with Gasteiger partial charge in [0.25, 0.3) is 0 Å². The average Bonchev–Trinajstić information content (AvgIpc) is 3.05. The van der Waals surface area contributed by atoms with Crippen LogP contribution >= 0.6 is 0 Å². The van der Waals surface area contributed by atoms with E-state index in [-0.39, 0.29) is 22.3 Å². The largest absolute Gasteiger partial charge is 0.423 e. The highest BCUT2D eigenvalue weighted by Gasteiger charge is 2.93. The van der Waals surface area contributed by atoms with Gasteiger partial charge < -0.3 is 40.1 Å². The molecule has 0 amide bonds. The number of carbonyl (C=O) groups excluding carboxylic acids is 2. The number of aliphatic hydroxyl groups is 6. The molecule has 0 heterocycles. The number of rotatable bonds is 8. The summed E-state index contributed by atoms with van der Waals surface area (Å²) in [6.07, 6.45) is -3.66. The van der Waals surface area contributed by atoms with Crippen molar-refractivity contribution in [3.05, 3.63) is 131 Å². The first-order valence-electron chi connectivity index (χ1n) is 14.0. The van der Waals surface area contributed by atoms with E-state index in [9.17, 15) is 40.2 Å². The summed E-state index contributed by atoms with van der Waals surface area (Å²) in [6.45, 7) is -0.993. The van der Waals surface area contributed by atoms with E-state index in [1.54, 1.807) is 60.7 Å². The zero-order chi connectivity index (χ0) is 31.3. The molecule has 0 spiro atoms. The lowest BCUT2D eigenvalue weighted by Gasteiger charge is -2.80. The van der Waals surface area contributed by atoms with Crippen molar-refractivity contribution in [2.75, 3.05) is 6.61 Å². The van der Waals surface area contributed by atoms with E-state index >= 15 is 0 Å². The molecule has 2 fully saturated rings. The van der Waals surface area contributed by atoms with Gasteiger partial charge in [-0.15, -0.1) is 0 Å². The van der Waals surface area contributed by atoms with Gasteiger partial charge >= 0.3 is 11.9 Å². The standard InChI is InChI=1S/C34H30O10/c35-19-26(36)32(40)28(21-10-8-12-23(18-21)31(39)44-25-15-5-2-6-16-25)33(41)29(37)27(34(32,33)42)20-9-7-11-22(17-20)30(38)43-24-13-3-1-4-14-24/h1-18,26-29,35-37,40-42H,19H2/t26-,27?,28?,29?,32+,33+,34+/m1/s1. The summed E-state index contributed by atoms with van der Waals surface area (Å²) in [4.78, 5) is 25.7. The Balaban J connectivity index is 1.33. The molecule has 0 aromatic heterocycles. The third-order valence-electron chi connectivity index (χ3n) is 8.84. The molecule has 0 radical (unpaired) electrons. The number of aliphatic hydroxyl groups excluding tert-OH is 3. The van der Waals surface area contributed by atoms with Crippen LogP contribution in [0.1, 0.15) is 43.7 Å². The Morgan fingerprint density at radius 2 is 1.18 bits per heavy atom. The van der Waals surface area contributed by atoms with Gasteiger partial charge in [-0.05, 0) is 59.7 Å². The van der Waals surface area contributed by atoms with Crippen LogP contribution < -0.4 is 9.47 Å². The molecule has 0 aliphatic heterocycles. The van der Waals surface area contributed by atoms with Crippen LogP contribution in [0.25, 0.3) is 0 Å². The molecule has 226 valence electrons. The normalized spacial score (nSPS) is 29.4. The second-order valence-electron chi connectivity index (χ2n) is 11.1. The Kier molecular flexibility index (Phi) is 7.37. The summed E-state index contributed by atoms with van der Waals surface area (Å²) in [5.74, 6) is -3.78. The lowest BCUT2D eigenvalue weighted by molar-refractivity contribution is -0.459. The van der Waals surface area contributed by atoms with Gasteiger partial charge in [-0.1, -0.05) is 60.7 Å². The van der Waals surface area contributed by atoms with Crippen LogP contribution in [0.2, 0.25) is 0 Å². The number of carbonyl (C=O) groups is 2. The van der Waals surface area contributed by atoms with Gasteiger partial charge in [0, 0.05) is 5.92 Å². The van der Waals surface area contributed by atoms with Crippen molar-refractivity contribution >= 4 is 11.9 Å². The minimum Gasteiger partial charge on any atom is -0.423 e. The number of fused-ring (bicyclic) bond motifs is 1. The third kappa shape index (κ3) is 4.19. The van der Waals surface area contributed by atoms with Gasteiger partial charge in [0.15, 0.2) is 0 Å². The Morgan fingerprint density at radius 3 is 1.68 bits per heavy atom. The van der Waals surface area contributed by atoms with E-state index in [0.29, 0.717) is 11.5 Å². The van der Waals surface area contributed by atoms with Crippen LogP contribution in [0.3, 0.4) is 0 Å². The quantitative estimate of drug-likeness (QED) is 0.130. The van der Waals surface area contributed by atoms with Crippen molar-refractivity contribution in [3.63, 3.8) is 0 Å². The highest BCUT2D eigenvalue weighted by atomic mass is 16.5. The van der Waals surface area contributed by atoms with Gasteiger partial charge in [-0.3, -0.25) is 0 Å². The topological polar surface area (TPSA) is 174 Å². The van der Waals surface area contributed by atoms with E-state index in [4.69, 9.17) is 9.47 Å². The van der Waals surface area contributed by atoms with Crippen molar-refractivity contribution in [2.24, 2.45) is 0 Å². The fourth-order valence-corrected chi connectivity index (χ4v) is 6.83. The molecule has 44 heavy (non-hydrogen) atoms. The zero-order valence-corrected chi connectivity index (χ0v) is 23.2. The maximum atomic E-state index is 12.9. The Morgan fingerprint density at radius 1 is 0.705 bits per heavy atom. The van der Waals surface area contributed by atoms with E-state index < -0.39 is 59.4 Å². The summed E-state index contributed by atoms with van der Waals surface area (Å²) in [5, 5.41) is 67.9. The molecule has 6 N–H and O–H groups in total. The van der Waals surface area contributed by atoms with E-state index in [2.05, 4.69) is 0 Å². The van der Waals surface area contributed by atoms with Gasteiger partial charge in [0.2, 0.25) is 0 Å². The van der Waals surface area contributed by atoms with Gasteiger partial charge in [-0.2, -0.15) is 0 Å². The molecule has 0 saturated heterocycles. The number of hydrogen-bond donors (Lipinski definition) is 6. The van der Waals surface area contributed by atoms with Crippen LogP contribution in [-0.4, -0.2) is 78.2 Å². The first-order valence-corrected chi connectivity index (χ1v) is 14.0. The van der Waals surface area contributed by atoms with Crippen molar-refractivity contribution in [3.8, 4) is 11.5 Å². The fourth-order valence-electron chi connectivity index (χ4n) is 6.83. The summed E-state index contributed by atoms with van der Waals surface area (Å²) in [7, 11) is 0. The molecule has 4 aromatic carbocycles. The molecule has 3 unspecified atom stereocenters. The number of para-hydroxylation sites is 2. The number of hydrogen-bond acceptors (Lipinski definition) is 10. The highest BCUT2D eigenvalue weighted by molar-refractivity contribution is 5.92. The molecule has 2 aliphatic carbocycles. The molecular weight excluding hydrogens is 568 g/mol. The molecule has 2 aliphatic rings. The lowest BCUT2D eigenvalue weighted by atomic mass is 9.30. The van der Waals surface area contributed by atoms with Gasteiger partial charge in [0.1, 0.15) is 34.4 Å². The van der Waals surface area contributed by atoms with Crippen molar-refractivity contribution < 1.29 is 49.7 Å². The number of esters is 2. The molecule has 0 bridgehead atoms. The summed E-state index contributed by atoms with van der Waals surface area (Å²) < 4.78 is 10.8. The maximum Gasteiger partial charge on any atom is 0.343 e. The molecule has 10 nitrogen and oxygen atoms in total. The SMILES string of the molecule is O=C(Oc1ccccc1)c1cccc(C2C(O)[C@@]3(O)C(c4cccc(C(=O)Oc5ccccc5)c4)[C@@](O)([C@H](O)CO)[C@@]23O)c1.